The highest BCUT2D eigenvalue weighted by atomic mass is 16.6. The minimum atomic E-state index is -0.776. The van der Waals surface area contributed by atoms with E-state index in [4.69, 9.17) is 9.47 Å². The number of esters is 2. The van der Waals surface area contributed by atoms with E-state index in [0.29, 0.717) is 12.8 Å². The molecular weight excluding hydrogens is 1100 g/mol. The molecule has 0 spiro atoms. The lowest BCUT2D eigenvalue weighted by molar-refractivity contribution is -0.161. The Hall–Kier alpha value is -3.70. The SMILES string of the molecule is CC/C=C\C/C=C\C/C=C\C/C=C\C/C=C\C/C=C\CCCCCCCCCCCCCCCCCCCCCCC(=O)OC(CO)COC(=O)CCCCCCCCCCCCCCCCCCCCCCCCCC/C=C\C/C=C\C/C=C\C/C=C\CC. The lowest BCUT2D eigenvalue weighted by Gasteiger charge is -2.15. The van der Waals surface area contributed by atoms with E-state index in [9.17, 15) is 14.7 Å². The standard InChI is InChI=1S/C85H148O5/c1-3-5-7-9-11-13-15-17-19-21-23-25-27-29-31-33-35-37-39-41-42-44-46-48-50-52-54-56-58-60-62-64-66-68-70-72-74-76-78-80-85(88)90-83(81-86)82-89-84(87)79-77-75-73-71-69-67-65-63-61-59-57-55-53-51-49-47-45-43-40-38-36-34-32-30-28-26-24-22-20-18-16-14-12-10-8-6-4-2/h5-8,11-14,17-20,23-26,29,31,35,37,83,86H,3-4,9-10,15-16,21-22,27-28,30,32-34,36,38-82H2,1-2H3/b7-5-,8-6-,13-11-,14-12-,19-17-,20-18-,25-23-,26-24-,31-29-,37-35-. The molecule has 0 aliphatic heterocycles. The van der Waals surface area contributed by atoms with Crippen molar-refractivity contribution >= 4 is 11.9 Å². The number of unbranched alkanes of at least 4 members (excludes halogenated alkanes) is 44. The predicted molar refractivity (Wildman–Crippen MR) is 398 cm³/mol. The Morgan fingerprint density at radius 1 is 0.256 bits per heavy atom. The van der Waals surface area contributed by atoms with Crippen LogP contribution in [0.4, 0.5) is 0 Å². The Balaban J connectivity index is 3.41. The van der Waals surface area contributed by atoms with Gasteiger partial charge in [0.2, 0.25) is 0 Å². The number of aliphatic hydroxyl groups excluding tert-OH is 1. The first-order valence-electron chi connectivity index (χ1n) is 39.1. The predicted octanol–water partition coefficient (Wildman–Crippen LogP) is 27.7. The summed E-state index contributed by atoms with van der Waals surface area (Å²) < 4.78 is 10.8. The number of hydrogen-bond acceptors (Lipinski definition) is 5. The van der Waals surface area contributed by atoms with Crippen LogP contribution in [-0.4, -0.2) is 36.4 Å². The van der Waals surface area contributed by atoms with Crippen LogP contribution in [0.25, 0.3) is 0 Å². The molecule has 0 saturated heterocycles. The average molecular weight is 1250 g/mol. The smallest absolute Gasteiger partial charge is 0.306 e. The molecule has 0 aromatic carbocycles. The van der Waals surface area contributed by atoms with Gasteiger partial charge in [0.1, 0.15) is 6.61 Å². The molecule has 0 aliphatic carbocycles. The van der Waals surface area contributed by atoms with E-state index in [2.05, 4.69) is 135 Å². The molecule has 0 heterocycles. The minimum Gasteiger partial charge on any atom is -0.462 e. The first-order chi connectivity index (χ1) is 44.6. The lowest BCUT2D eigenvalue weighted by atomic mass is 10.0. The second kappa shape index (κ2) is 79.5. The molecule has 0 radical (unpaired) electrons. The van der Waals surface area contributed by atoms with Gasteiger partial charge in [-0.25, -0.2) is 0 Å². The third kappa shape index (κ3) is 76.8. The van der Waals surface area contributed by atoms with Crippen LogP contribution in [0.3, 0.4) is 0 Å². The maximum atomic E-state index is 12.4. The number of carbonyl (C=O) groups is 2. The van der Waals surface area contributed by atoms with Gasteiger partial charge in [0.05, 0.1) is 6.61 Å². The molecular formula is C85H148O5. The number of aliphatic hydroxyl groups is 1. The molecule has 1 N–H and O–H groups in total. The Kier molecular flexibility index (Phi) is 76.3. The number of allylic oxidation sites excluding steroid dienone is 20. The molecule has 0 bridgehead atoms. The van der Waals surface area contributed by atoms with Crippen LogP contribution in [0, 0.1) is 0 Å². The summed E-state index contributed by atoms with van der Waals surface area (Å²) in [6, 6.07) is 0. The summed E-state index contributed by atoms with van der Waals surface area (Å²) in [6.45, 7) is 3.96. The minimum absolute atomic E-state index is 0.0636. The van der Waals surface area contributed by atoms with Gasteiger partial charge in [0.25, 0.3) is 0 Å². The second-order valence-corrected chi connectivity index (χ2v) is 26.0. The van der Waals surface area contributed by atoms with Gasteiger partial charge in [-0.2, -0.15) is 0 Å². The van der Waals surface area contributed by atoms with E-state index < -0.39 is 6.10 Å². The van der Waals surface area contributed by atoms with Crippen molar-refractivity contribution in [1.82, 2.24) is 0 Å². The fraction of sp³-hybridized carbons (Fsp3) is 0.741. The quantitative estimate of drug-likeness (QED) is 0.0373. The van der Waals surface area contributed by atoms with Crippen LogP contribution in [0.15, 0.2) is 122 Å². The monoisotopic (exact) mass is 1250 g/mol. The molecule has 0 aliphatic rings. The van der Waals surface area contributed by atoms with E-state index in [1.807, 2.05) is 0 Å². The molecule has 90 heavy (non-hydrogen) atoms. The first-order valence-corrected chi connectivity index (χ1v) is 39.1. The summed E-state index contributed by atoms with van der Waals surface area (Å²) in [7, 11) is 0. The van der Waals surface area contributed by atoms with Crippen molar-refractivity contribution in [3.63, 3.8) is 0 Å². The zero-order valence-electron chi connectivity index (χ0n) is 59.6. The highest BCUT2D eigenvalue weighted by molar-refractivity contribution is 5.70. The summed E-state index contributed by atoms with van der Waals surface area (Å²) in [5.74, 6) is -0.572. The van der Waals surface area contributed by atoms with Crippen molar-refractivity contribution in [3.8, 4) is 0 Å². The highest BCUT2D eigenvalue weighted by Gasteiger charge is 2.16. The number of ether oxygens (including phenoxy) is 2. The number of carbonyl (C=O) groups excluding carboxylic acids is 2. The molecule has 0 amide bonds. The van der Waals surface area contributed by atoms with Crippen molar-refractivity contribution in [3.05, 3.63) is 122 Å². The van der Waals surface area contributed by atoms with Crippen molar-refractivity contribution in [2.75, 3.05) is 13.2 Å². The third-order valence-electron chi connectivity index (χ3n) is 17.3. The van der Waals surface area contributed by atoms with Crippen LogP contribution >= 0.6 is 0 Å². The van der Waals surface area contributed by atoms with Gasteiger partial charge >= 0.3 is 11.9 Å². The van der Waals surface area contributed by atoms with Gasteiger partial charge in [-0.05, 0) is 103 Å². The lowest BCUT2D eigenvalue weighted by Crippen LogP contribution is -2.28. The normalized spacial score (nSPS) is 12.9. The van der Waals surface area contributed by atoms with Crippen molar-refractivity contribution in [2.24, 2.45) is 0 Å². The molecule has 518 valence electrons. The van der Waals surface area contributed by atoms with Crippen molar-refractivity contribution in [1.29, 1.82) is 0 Å². The summed E-state index contributed by atoms with van der Waals surface area (Å²) in [6.07, 6.45) is 117. The maximum absolute atomic E-state index is 12.4. The second-order valence-electron chi connectivity index (χ2n) is 26.0. The third-order valence-corrected chi connectivity index (χ3v) is 17.3. The zero-order chi connectivity index (χ0) is 64.7. The largest absolute Gasteiger partial charge is 0.462 e. The molecule has 1 atom stereocenters. The molecule has 5 heteroatoms. The van der Waals surface area contributed by atoms with Gasteiger partial charge in [0.15, 0.2) is 6.10 Å². The van der Waals surface area contributed by atoms with Gasteiger partial charge < -0.3 is 14.6 Å². The fourth-order valence-corrected chi connectivity index (χ4v) is 11.5. The van der Waals surface area contributed by atoms with Gasteiger partial charge in [-0.1, -0.05) is 392 Å². The first kappa shape index (κ1) is 86.3. The maximum Gasteiger partial charge on any atom is 0.306 e. The van der Waals surface area contributed by atoms with Crippen LogP contribution in [0.2, 0.25) is 0 Å². The van der Waals surface area contributed by atoms with Crippen LogP contribution in [0.5, 0.6) is 0 Å². The average Bonchev–Trinajstić information content (AvgIpc) is 3.59. The summed E-state index contributed by atoms with van der Waals surface area (Å²) >= 11 is 0. The van der Waals surface area contributed by atoms with Gasteiger partial charge in [0, 0.05) is 12.8 Å². The van der Waals surface area contributed by atoms with Gasteiger partial charge in [-0.15, -0.1) is 0 Å². The Morgan fingerprint density at radius 3 is 0.667 bits per heavy atom. The van der Waals surface area contributed by atoms with Crippen LogP contribution in [-0.2, 0) is 19.1 Å². The molecule has 0 aromatic rings. The fourth-order valence-electron chi connectivity index (χ4n) is 11.5. The van der Waals surface area contributed by atoms with Crippen molar-refractivity contribution < 1.29 is 24.2 Å². The highest BCUT2D eigenvalue weighted by Crippen LogP contribution is 2.19. The number of rotatable bonds is 72. The van der Waals surface area contributed by atoms with E-state index in [1.165, 1.54) is 257 Å². The zero-order valence-corrected chi connectivity index (χ0v) is 59.6. The topological polar surface area (TPSA) is 72.8 Å². The molecule has 0 rings (SSSR count). The molecule has 5 nitrogen and oxygen atoms in total. The van der Waals surface area contributed by atoms with Crippen molar-refractivity contribution in [2.45, 2.75) is 392 Å². The van der Waals surface area contributed by atoms with Crippen LogP contribution < -0.4 is 0 Å². The Labute approximate surface area is 560 Å². The van der Waals surface area contributed by atoms with E-state index in [1.54, 1.807) is 0 Å². The Morgan fingerprint density at radius 2 is 0.444 bits per heavy atom. The van der Waals surface area contributed by atoms with E-state index in [0.717, 1.165) is 103 Å². The summed E-state index contributed by atoms with van der Waals surface area (Å²) in [4.78, 5) is 24.7. The van der Waals surface area contributed by atoms with E-state index >= 15 is 0 Å². The molecule has 0 aromatic heterocycles. The summed E-state index contributed by atoms with van der Waals surface area (Å²) in [5.41, 5.74) is 0. The van der Waals surface area contributed by atoms with Crippen LogP contribution in [0.1, 0.15) is 386 Å². The molecule has 0 fully saturated rings. The Bertz CT molecular complexity index is 1750. The summed E-state index contributed by atoms with van der Waals surface area (Å²) in [5, 5.41) is 9.73. The molecule has 1 unspecified atom stereocenters. The van der Waals surface area contributed by atoms with Gasteiger partial charge in [-0.3, -0.25) is 9.59 Å². The molecule has 0 saturated carbocycles. The number of hydrogen-bond donors (Lipinski definition) is 1. The van der Waals surface area contributed by atoms with E-state index in [-0.39, 0.29) is 25.2 Å².